The number of aryl methyl sites for hydroxylation is 1. The number of benzene rings is 2. The Bertz CT molecular complexity index is 812. The van der Waals surface area contributed by atoms with Crippen LogP contribution < -0.4 is 16.0 Å². The molecule has 26 heavy (non-hydrogen) atoms. The molecule has 0 radical (unpaired) electrons. The van der Waals surface area contributed by atoms with Crippen LogP contribution in [0.3, 0.4) is 0 Å². The van der Waals surface area contributed by atoms with Gasteiger partial charge in [-0.2, -0.15) is 0 Å². The van der Waals surface area contributed by atoms with E-state index in [-0.39, 0.29) is 10.9 Å². The number of hydrogen-bond acceptors (Lipinski definition) is 3. The first-order valence-corrected chi connectivity index (χ1v) is 9.01. The van der Waals surface area contributed by atoms with Gasteiger partial charge in [-0.15, -0.1) is 0 Å². The van der Waals surface area contributed by atoms with Crippen molar-refractivity contribution in [2.75, 3.05) is 5.32 Å². The number of aromatic hydroxyl groups is 1. The van der Waals surface area contributed by atoms with Gasteiger partial charge in [0, 0.05) is 5.56 Å². The Morgan fingerprint density at radius 1 is 1.12 bits per heavy atom. The SMILES string of the molecule is Cc1cccc(C(=O)NC(NC(=S)Nc2ccccc2O)C(Cl)(Cl)Cl)c1. The van der Waals surface area contributed by atoms with Gasteiger partial charge in [-0.1, -0.05) is 64.6 Å². The molecular formula is C17H16Cl3N3O2S. The summed E-state index contributed by atoms with van der Waals surface area (Å²) in [7, 11) is 0. The number of nitrogens with one attached hydrogen (secondary N) is 3. The number of carbonyl (C=O) groups excluding carboxylic acids is 1. The number of para-hydroxylation sites is 2. The molecule has 0 bridgehead atoms. The lowest BCUT2D eigenvalue weighted by Gasteiger charge is -2.28. The summed E-state index contributed by atoms with van der Waals surface area (Å²) in [5, 5.41) is 17.9. The zero-order valence-corrected chi connectivity index (χ0v) is 16.7. The molecule has 0 saturated carbocycles. The van der Waals surface area contributed by atoms with E-state index in [1.807, 2.05) is 13.0 Å². The fourth-order valence-electron chi connectivity index (χ4n) is 2.07. The van der Waals surface area contributed by atoms with Gasteiger partial charge in [-0.25, -0.2) is 0 Å². The third-order valence-electron chi connectivity index (χ3n) is 3.31. The third kappa shape index (κ3) is 5.92. The Morgan fingerprint density at radius 3 is 2.42 bits per heavy atom. The Labute approximate surface area is 171 Å². The van der Waals surface area contributed by atoms with Crippen LogP contribution in [0.25, 0.3) is 0 Å². The van der Waals surface area contributed by atoms with Crippen LogP contribution in [0.2, 0.25) is 0 Å². The fourth-order valence-corrected chi connectivity index (χ4v) is 2.62. The molecule has 0 aromatic heterocycles. The maximum Gasteiger partial charge on any atom is 0.252 e. The summed E-state index contributed by atoms with van der Waals surface area (Å²) in [4.78, 5) is 12.4. The van der Waals surface area contributed by atoms with Crippen LogP contribution in [0.1, 0.15) is 15.9 Å². The molecule has 0 saturated heterocycles. The summed E-state index contributed by atoms with van der Waals surface area (Å²) in [5.74, 6) is -0.422. The number of hydrogen-bond donors (Lipinski definition) is 4. The van der Waals surface area contributed by atoms with Crippen molar-refractivity contribution in [3.8, 4) is 5.75 Å². The lowest BCUT2D eigenvalue weighted by atomic mass is 10.1. The van der Waals surface area contributed by atoms with Crippen molar-refractivity contribution in [3.63, 3.8) is 0 Å². The quantitative estimate of drug-likeness (QED) is 0.253. The van der Waals surface area contributed by atoms with Crippen molar-refractivity contribution in [1.82, 2.24) is 10.6 Å². The lowest BCUT2D eigenvalue weighted by Crippen LogP contribution is -2.56. The van der Waals surface area contributed by atoms with Crippen LogP contribution in [-0.4, -0.2) is 26.1 Å². The molecule has 0 heterocycles. The largest absolute Gasteiger partial charge is 0.506 e. The molecule has 1 amide bonds. The van der Waals surface area contributed by atoms with Gasteiger partial charge in [0.25, 0.3) is 5.91 Å². The summed E-state index contributed by atoms with van der Waals surface area (Å²) in [6.07, 6.45) is -1.11. The number of amides is 1. The number of phenols is 1. The summed E-state index contributed by atoms with van der Waals surface area (Å²) < 4.78 is -1.87. The minimum Gasteiger partial charge on any atom is -0.506 e. The minimum atomic E-state index is -1.87. The topological polar surface area (TPSA) is 73.4 Å². The molecule has 0 aliphatic carbocycles. The smallest absolute Gasteiger partial charge is 0.252 e. The van der Waals surface area contributed by atoms with Crippen molar-refractivity contribution in [2.24, 2.45) is 0 Å². The van der Waals surface area contributed by atoms with Gasteiger partial charge < -0.3 is 21.1 Å². The molecule has 5 nitrogen and oxygen atoms in total. The molecule has 0 aliphatic heterocycles. The van der Waals surface area contributed by atoms with E-state index < -0.39 is 15.9 Å². The zero-order valence-electron chi connectivity index (χ0n) is 13.6. The van der Waals surface area contributed by atoms with Crippen molar-refractivity contribution < 1.29 is 9.90 Å². The fraction of sp³-hybridized carbons (Fsp3) is 0.176. The van der Waals surface area contributed by atoms with Gasteiger partial charge in [0.05, 0.1) is 5.69 Å². The standard InChI is InChI=1S/C17H16Cl3N3O2S/c1-10-5-4-6-11(9-10)14(25)22-15(17(18,19)20)23-16(26)21-12-7-2-3-8-13(12)24/h2-9,15,24H,1H3,(H,22,25)(H2,21,23,26). The van der Waals surface area contributed by atoms with Crippen LogP contribution in [0.4, 0.5) is 5.69 Å². The predicted molar refractivity (Wildman–Crippen MR) is 110 cm³/mol. The maximum absolute atomic E-state index is 12.4. The molecule has 0 aliphatic rings. The van der Waals surface area contributed by atoms with Crippen molar-refractivity contribution in [1.29, 1.82) is 0 Å². The predicted octanol–water partition coefficient (Wildman–Crippen LogP) is 4.11. The molecular weight excluding hydrogens is 417 g/mol. The number of carbonyl (C=O) groups is 1. The highest BCUT2D eigenvalue weighted by molar-refractivity contribution is 7.80. The van der Waals surface area contributed by atoms with Crippen LogP contribution in [0, 0.1) is 6.92 Å². The molecule has 2 aromatic rings. The average Bonchev–Trinajstić information content (AvgIpc) is 2.55. The summed E-state index contributed by atoms with van der Waals surface area (Å²) in [5.41, 5.74) is 1.72. The Hall–Kier alpha value is -1.73. The molecule has 138 valence electrons. The van der Waals surface area contributed by atoms with Crippen LogP contribution in [0.15, 0.2) is 48.5 Å². The van der Waals surface area contributed by atoms with Crippen molar-refractivity contribution in [3.05, 3.63) is 59.7 Å². The highest BCUT2D eigenvalue weighted by Gasteiger charge is 2.35. The average molecular weight is 433 g/mol. The summed E-state index contributed by atoms with van der Waals surface area (Å²) in [6, 6.07) is 13.5. The Kier molecular flexibility index (Phi) is 6.94. The highest BCUT2D eigenvalue weighted by Crippen LogP contribution is 2.29. The van der Waals surface area contributed by atoms with E-state index in [0.29, 0.717) is 11.3 Å². The molecule has 0 spiro atoms. The van der Waals surface area contributed by atoms with Crippen molar-refractivity contribution in [2.45, 2.75) is 16.9 Å². The van der Waals surface area contributed by atoms with Gasteiger partial charge in [-0.3, -0.25) is 4.79 Å². The van der Waals surface area contributed by atoms with E-state index in [4.69, 9.17) is 47.0 Å². The van der Waals surface area contributed by atoms with Gasteiger partial charge in [0.1, 0.15) is 11.9 Å². The lowest BCUT2D eigenvalue weighted by molar-refractivity contribution is 0.0934. The number of halogens is 3. The van der Waals surface area contributed by atoms with E-state index in [1.54, 1.807) is 36.4 Å². The summed E-state index contributed by atoms with van der Waals surface area (Å²) in [6.45, 7) is 1.87. The first-order valence-electron chi connectivity index (χ1n) is 7.46. The van der Waals surface area contributed by atoms with E-state index >= 15 is 0 Å². The monoisotopic (exact) mass is 431 g/mol. The van der Waals surface area contributed by atoms with Crippen molar-refractivity contribution >= 4 is 63.7 Å². The number of phenolic OH excluding ortho intramolecular Hbond substituents is 1. The molecule has 2 rings (SSSR count). The second-order valence-corrected chi connectivity index (χ2v) is 8.21. The van der Waals surface area contributed by atoms with Crippen LogP contribution >= 0.6 is 47.0 Å². The van der Waals surface area contributed by atoms with Gasteiger partial charge >= 0.3 is 0 Å². The second-order valence-electron chi connectivity index (χ2n) is 5.43. The second kappa shape index (κ2) is 8.77. The molecule has 2 aromatic carbocycles. The molecule has 1 unspecified atom stereocenters. The molecule has 9 heteroatoms. The first-order chi connectivity index (χ1) is 12.2. The van der Waals surface area contributed by atoms with Crippen LogP contribution in [-0.2, 0) is 0 Å². The minimum absolute atomic E-state index is 0.00544. The molecule has 4 N–H and O–H groups in total. The van der Waals surface area contributed by atoms with Crippen LogP contribution in [0.5, 0.6) is 5.75 Å². The zero-order chi connectivity index (χ0) is 19.3. The van der Waals surface area contributed by atoms with Gasteiger partial charge in [0.2, 0.25) is 3.79 Å². The molecule has 1 atom stereocenters. The number of thiocarbonyl (C=S) groups is 1. The van der Waals surface area contributed by atoms with Gasteiger partial charge in [0.15, 0.2) is 5.11 Å². The van der Waals surface area contributed by atoms with E-state index in [0.717, 1.165) is 5.56 Å². The van der Waals surface area contributed by atoms with E-state index in [1.165, 1.54) is 6.07 Å². The highest BCUT2D eigenvalue weighted by atomic mass is 35.6. The Balaban J connectivity index is 2.09. The van der Waals surface area contributed by atoms with Gasteiger partial charge in [-0.05, 0) is 43.4 Å². The molecule has 0 fully saturated rings. The normalized spacial score (nSPS) is 12.2. The number of anilines is 1. The van der Waals surface area contributed by atoms with E-state index in [2.05, 4.69) is 16.0 Å². The third-order valence-corrected chi connectivity index (χ3v) is 4.19. The number of rotatable bonds is 4. The first kappa shape index (κ1) is 20.6. The Morgan fingerprint density at radius 2 is 1.81 bits per heavy atom. The van der Waals surface area contributed by atoms with E-state index in [9.17, 15) is 9.90 Å². The maximum atomic E-state index is 12.4. The number of alkyl halides is 3. The summed E-state index contributed by atoms with van der Waals surface area (Å²) >= 11 is 23.0.